The molecule has 0 unspecified atom stereocenters. The topological polar surface area (TPSA) is 70.1 Å². The van der Waals surface area contributed by atoms with E-state index in [1.165, 1.54) is 0 Å². The van der Waals surface area contributed by atoms with Crippen LogP contribution in [-0.4, -0.2) is 50.7 Å². The Morgan fingerprint density at radius 3 is 2.05 bits per heavy atom. The van der Waals surface area contributed by atoms with Gasteiger partial charge in [-0.1, -0.05) is 48.2 Å². The number of hydrogen-bond acceptors (Lipinski definition) is 5. The number of ether oxygens (including phenoxy) is 1. The fourth-order valence-electron chi connectivity index (χ4n) is 6.12. The molecule has 6 nitrogen and oxygen atoms in total. The smallest absolute Gasteiger partial charge is 0.264 e. The molecule has 3 aromatic rings. The van der Waals surface area contributed by atoms with Crippen molar-refractivity contribution in [1.82, 2.24) is 4.90 Å². The van der Waals surface area contributed by atoms with E-state index in [9.17, 15) is 13.5 Å². The molecule has 5 rings (SSSR count). The van der Waals surface area contributed by atoms with Gasteiger partial charge in [0.1, 0.15) is 11.4 Å². The van der Waals surface area contributed by atoms with Gasteiger partial charge in [-0.2, -0.15) is 0 Å². The molecule has 39 heavy (non-hydrogen) atoms. The first kappa shape index (κ1) is 28.2. The molecule has 0 amide bonds. The highest BCUT2D eigenvalue weighted by Crippen LogP contribution is 2.42. The van der Waals surface area contributed by atoms with Crippen molar-refractivity contribution in [3.05, 3.63) is 88.4 Å². The van der Waals surface area contributed by atoms with Crippen molar-refractivity contribution in [2.24, 2.45) is 0 Å². The van der Waals surface area contributed by atoms with Crippen LogP contribution in [-0.2, 0) is 15.6 Å². The van der Waals surface area contributed by atoms with Crippen LogP contribution in [0.1, 0.15) is 44.1 Å². The summed E-state index contributed by atoms with van der Waals surface area (Å²) in [5, 5.41) is 13.1. The van der Waals surface area contributed by atoms with Crippen molar-refractivity contribution in [3.8, 4) is 5.75 Å². The van der Waals surface area contributed by atoms with E-state index in [4.69, 9.17) is 27.9 Å². The van der Waals surface area contributed by atoms with Gasteiger partial charge in [-0.25, -0.2) is 8.42 Å². The molecule has 0 bridgehead atoms. The Kier molecular flexibility index (Phi) is 8.45. The molecule has 1 aliphatic carbocycles. The zero-order valence-corrected chi connectivity index (χ0v) is 24.3. The Morgan fingerprint density at radius 1 is 0.872 bits per heavy atom. The van der Waals surface area contributed by atoms with Crippen LogP contribution in [0.5, 0.6) is 5.75 Å². The summed E-state index contributed by atoms with van der Waals surface area (Å²) in [6.45, 7) is 1.38. The fraction of sp³-hybridized carbons (Fsp3) is 0.400. The highest BCUT2D eigenvalue weighted by Gasteiger charge is 2.45. The molecule has 1 aliphatic heterocycles. The Labute approximate surface area is 241 Å². The lowest BCUT2D eigenvalue weighted by Gasteiger charge is -2.49. The monoisotopic (exact) mass is 588 g/mol. The van der Waals surface area contributed by atoms with Crippen molar-refractivity contribution in [3.63, 3.8) is 0 Å². The largest absolute Gasteiger partial charge is 0.497 e. The normalized spacial score (nSPS) is 22.9. The number of aliphatic hydroxyl groups is 1. The Morgan fingerprint density at radius 2 is 1.46 bits per heavy atom. The second-order valence-electron chi connectivity index (χ2n) is 10.4. The lowest BCUT2D eigenvalue weighted by molar-refractivity contribution is -0.0849. The maximum absolute atomic E-state index is 14.0. The summed E-state index contributed by atoms with van der Waals surface area (Å²) in [5.74, 6) is 0.598. The number of benzene rings is 3. The van der Waals surface area contributed by atoms with Crippen molar-refractivity contribution in [1.29, 1.82) is 0 Å². The van der Waals surface area contributed by atoms with Gasteiger partial charge in [-0.3, -0.25) is 9.21 Å². The van der Waals surface area contributed by atoms with Crippen molar-refractivity contribution >= 4 is 38.9 Å². The first-order chi connectivity index (χ1) is 18.7. The SMILES string of the molecule is COc1ccc(S(=O)(=O)N(c2ccc(Cl)cc2)C2CCN([C@@H]3CCCC[C@]3(O)c3ccc(Cl)cc3)CC2)cc1. The molecule has 208 valence electrons. The molecule has 0 aromatic heterocycles. The lowest BCUT2D eigenvalue weighted by atomic mass is 9.74. The van der Waals surface area contributed by atoms with Gasteiger partial charge in [-0.05, 0) is 91.9 Å². The van der Waals surface area contributed by atoms with Gasteiger partial charge in [0.05, 0.1) is 17.7 Å². The summed E-state index contributed by atoms with van der Waals surface area (Å²) < 4.78 is 34.8. The molecular weight excluding hydrogens is 555 g/mol. The zero-order chi connectivity index (χ0) is 27.6. The first-order valence-electron chi connectivity index (χ1n) is 13.4. The van der Waals surface area contributed by atoms with E-state index in [0.717, 1.165) is 24.8 Å². The molecular formula is C30H34Cl2N2O4S. The molecule has 2 fully saturated rings. The fourth-order valence-corrected chi connectivity index (χ4v) is 8.09. The second kappa shape index (κ2) is 11.7. The molecule has 1 N–H and O–H groups in total. The third-order valence-corrected chi connectivity index (χ3v) is 10.5. The average molecular weight is 590 g/mol. The van der Waals surface area contributed by atoms with Crippen molar-refractivity contribution in [2.45, 2.75) is 61.1 Å². The molecule has 2 atom stereocenters. The number of likely N-dealkylation sites (tertiary alicyclic amines) is 1. The van der Waals surface area contributed by atoms with Gasteiger partial charge in [0.15, 0.2) is 0 Å². The molecule has 0 spiro atoms. The van der Waals surface area contributed by atoms with E-state index >= 15 is 0 Å². The minimum absolute atomic E-state index is 0.0319. The highest BCUT2D eigenvalue weighted by atomic mass is 35.5. The van der Waals surface area contributed by atoms with Gasteiger partial charge < -0.3 is 9.84 Å². The number of halogens is 2. The predicted octanol–water partition coefficient (Wildman–Crippen LogP) is 6.49. The number of methoxy groups -OCH3 is 1. The van der Waals surface area contributed by atoms with Crippen LogP contribution in [0.2, 0.25) is 10.0 Å². The Bertz CT molecular complexity index is 1360. The van der Waals surface area contributed by atoms with E-state index in [1.54, 1.807) is 59.9 Å². The summed E-state index contributed by atoms with van der Waals surface area (Å²) in [5.41, 5.74) is 0.522. The van der Waals surface area contributed by atoms with Gasteiger partial charge in [0, 0.05) is 35.2 Å². The summed E-state index contributed by atoms with van der Waals surface area (Å²) in [6, 6.07) is 20.7. The quantitative estimate of drug-likeness (QED) is 0.341. The number of rotatable bonds is 7. The van der Waals surface area contributed by atoms with Crippen LogP contribution in [0.25, 0.3) is 0 Å². The number of sulfonamides is 1. The van der Waals surface area contributed by atoms with Crippen LogP contribution in [0.15, 0.2) is 77.7 Å². The maximum atomic E-state index is 14.0. The average Bonchev–Trinajstić information content (AvgIpc) is 2.95. The molecule has 1 heterocycles. The summed E-state index contributed by atoms with van der Waals surface area (Å²) in [7, 11) is -2.30. The van der Waals surface area contributed by atoms with Gasteiger partial charge in [0.25, 0.3) is 10.0 Å². The first-order valence-corrected chi connectivity index (χ1v) is 15.6. The van der Waals surface area contributed by atoms with E-state index in [0.29, 0.717) is 53.8 Å². The number of piperidine rings is 1. The minimum Gasteiger partial charge on any atom is -0.497 e. The molecule has 3 aromatic carbocycles. The van der Waals surface area contributed by atoms with Crippen LogP contribution in [0.3, 0.4) is 0 Å². The minimum atomic E-state index is -3.85. The van der Waals surface area contributed by atoms with Crippen LogP contribution < -0.4 is 9.04 Å². The zero-order valence-electron chi connectivity index (χ0n) is 22.0. The predicted molar refractivity (Wildman–Crippen MR) is 156 cm³/mol. The Hall–Kier alpha value is -2.29. The van der Waals surface area contributed by atoms with Gasteiger partial charge in [0.2, 0.25) is 0 Å². The molecule has 1 saturated carbocycles. The van der Waals surface area contributed by atoms with E-state index in [2.05, 4.69) is 4.90 Å². The highest BCUT2D eigenvalue weighted by molar-refractivity contribution is 7.92. The summed E-state index contributed by atoms with van der Waals surface area (Å²) in [6.07, 6.45) is 4.91. The van der Waals surface area contributed by atoms with Crippen molar-refractivity contribution in [2.75, 3.05) is 24.5 Å². The third-order valence-electron chi connectivity index (χ3n) is 8.15. The molecule has 9 heteroatoms. The molecule has 2 aliphatic rings. The standard InChI is InChI=1S/C30H34Cl2N2O4S/c1-38-27-13-15-28(16-14-27)39(36,37)34(25-11-9-24(32)10-12-25)26-17-20-33(21-18-26)29-4-2-3-19-30(29,35)22-5-7-23(31)8-6-22/h5-16,26,29,35H,2-4,17-21H2,1H3/t29-,30+/m1/s1. The van der Waals surface area contributed by atoms with E-state index < -0.39 is 15.6 Å². The molecule has 1 saturated heterocycles. The number of anilines is 1. The Balaban J connectivity index is 1.40. The van der Waals surface area contributed by atoms with Crippen LogP contribution in [0, 0.1) is 0 Å². The summed E-state index contributed by atoms with van der Waals surface area (Å²) >= 11 is 12.3. The second-order valence-corrected chi connectivity index (χ2v) is 13.1. The number of hydrogen-bond donors (Lipinski definition) is 1. The van der Waals surface area contributed by atoms with E-state index in [1.807, 2.05) is 24.3 Å². The summed E-state index contributed by atoms with van der Waals surface area (Å²) in [4.78, 5) is 2.56. The van der Waals surface area contributed by atoms with E-state index in [-0.39, 0.29) is 17.0 Å². The number of nitrogens with zero attached hydrogens (tertiary/aromatic N) is 2. The van der Waals surface area contributed by atoms with Crippen molar-refractivity contribution < 1.29 is 18.3 Å². The third kappa shape index (κ3) is 5.79. The lowest BCUT2D eigenvalue weighted by Crippen LogP contribution is -2.57. The van der Waals surface area contributed by atoms with Gasteiger partial charge in [-0.15, -0.1) is 0 Å². The van der Waals surface area contributed by atoms with Gasteiger partial charge >= 0.3 is 0 Å². The van der Waals surface area contributed by atoms with Crippen LogP contribution >= 0.6 is 23.2 Å². The molecule has 0 radical (unpaired) electrons. The maximum Gasteiger partial charge on any atom is 0.264 e. The van der Waals surface area contributed by atoms with Crippen LogP contribution in [0.4, 0.5) is 5.69 Å².